The minimum atomic E-state index is -0.263. The van der Waals surface area contributed by atoms with E-state index in [1.54, 1.807) is 29.1 Å². The van der Waals surface area contributed by atoms with Crippen LogP contribution in [0, 0.1) is 6.92 Å². The molecule has 2 aromatic rings. The summed E-state index contributed by atoms with van der Waals surface area (Å²) >= 11 is 0. The second-order valence-electron chi connectivity index (χ2n) is 5.49. The van der Waals surface area contributed by atoms with Crippen molar-refractivity contribution in [3.63, 3.8) is 0 Å². The first-order chi connectivity index (χ1) is 10.0. The van der Waals surface area contributed by atoms with E-state index in [0.29, 0.717) is 17.4 Å². The molecule has 0 bridgehead atoms. The Kier molecular flexibility index (Phi) is 3.29. The van der Waals surface area contributed by atoms with Gasteiger partial charge in [0, 0.05) is 18.4 Å². The van der Waals surface area contributed by atoms with Gasteiger partial charge in [-0.25, -0.2) is 4.79 Å². The molecule has 21 heavy (non-hydrogen) atoms. The quantitative estimate of drug-likeness (QED) is 0.836. The topological polar surface area (TPSA) is 82.0 Å². The summed E-state index contributed by atoms with van der Waals surface area (Å²) in [6.45, 7) is 1.92. The Balaban J connectivity index is 1.70. The van der Waals surface area contributed by atoms with E-state index >= 15 is 0 Å². The minimum Gasteiger partial charge on any atom is -0.397 e. The van der Waals surface area contributed by atoms with Crippen molar-refractivity contribution in [1.82, 2.24) is 9.13 Å². The number of imidazole rings is 1. The van der Waals surface area contributed by atoms with Crippen LogP contribution in [0.1, 0.15) is 24.4 Å². The molecule has 0 unspecified atom stereocenters. The Bertz CT molecular complexity index is 740. The molecule has 110 valence electrons. The number of hydrogen-bond donors (Lipinski definition) is 2. The van der Waals surface area contributed by atoms with Crippen LogP contribution in [-0.2, 0) is 11.3 Å². The van der Waals surface area contributed by atoms with E-state index in [2.05, 4.69) is 5.32 Å². The second kappa shape index (κ2) is 5.12. The van der Waals surface area contributed by atoms with Gasteiger partial charge in [0.1, 0.15) is 6.54 Å². The van der Waals surface area contributed by atoms with Gasteiger partial charge in [0.2, 0.25) is 5.91 Å². The molecule has 6 nitrogen and oxygen atoms in total. The highest BCUT2D eigenvalue weighted by atomic mass is 16.2. The number of nitrogens with zero attached hydrogens (tertiary/aromatic N) is 2. The molecule has 1 aliphatic rings. The van der Waals surface area contributed by atoms with Crippen molar-refractivity contribution in [2.45, 2.75) is 32.4 Å². The maximum absolute atomic E-state index is 12.1. The van der Waals surface area contributed by atoms with Gasteiger partial charge in [-0.15, -0.1) is 0 Å². The van der Waals surface area contributed by atoms with Gasteiger partial charge in [-0.2, -0.15) is 0 Å². The van der Waals surface area contributed by atoms with Crippen LogP contribution in [0.2, 0.25) is 0 Å². The van der Waals surface area contributed by atoms with Crippen molar-refractivity contribution in [3.8, 4) is 0 Å². The van der Waals surface area contributed by atoms with Crippen LogP contribution in [0.25, 0.3) is 0 Å². The maximum Gasteiger partial charge on any atom is 0.328 e. The predicted octanol–water partition coefficient (Wildman–Crippen LogP) is 1.51. The van der Waals surface area contributed by atoms with Crippen molar-refractivity contribution in [2.75, 3.05) is 11.1 Å². The molecule has 1 aromatic carbocycles. The molecule has 0 spiro atoms. The fraction of sp³-hybridized carbons (Fsp3) is 0.333. The smallest absolute Gasteiger partial charge is 0.328 e. The number of amides is 1. The third-order valence-electron chi connectivity index (χ3n) is 3.61. The second-order valence-corrected chi connectivity index (χ2v) is 5.49. The zero-order valence-electron chi connectivity index (χ0n) is 11.9. The summed E-state index contributed by atoms with van der Waals surface area (Å²) in [5.41, 5.74) is 7.84. The van der Waals surface area contributed by atoms with Crippen LogP contribution in [0.3, 0.4) is 0 Å². The number of hydrogen-bond acceptors (Lipinski definition) is 3. The number of aromatic nitrogens is 2. The first-order valence-corrected chi connectivity index (χ1v) is 6.98. The van der Waals surface area contributed by atoms with E-state index in [-0.39, 0.29) is 18.1 Å². The zero-order chi connectivity index (χ0) is 15.0. The molecule has 3 rings (SSSR count). The number of nitrogens with one attached hydrogen (secondary N) is 1. The molecular weight excluding hydrogens is 268 g/mol. The lowest BCUT2D eigenvalue weighted by molar-refractivity contribution is -0.116. The Morgan fingerprint density at radius 2 is 2.14 bits per heavy atom. The van der Waals surface area contributed by atoms with Gasteiger partial charge in [0.25, 0.3) is 0 Å². The van der Waals surface area contributed by atoms with Gasteiger partial charge in [-0.05, 0) is 37.5 Å². The number of carbonyl (C=O) groups is 1. The lowest BCUT2D eigenvalue weighted by Crippen LogP contribution is -2.29. The first-order valence-electron chi connectivity index (χ1n) is 6.98. The Morgan fingerprint density at radius 3 is 2.81 bits per heavy atom. The Hall–Kier alpha value is -2.50. The van der Waals surface area contributed by atoms with E-state index in [4.69, 9.17) is 5.73 Å². The highest BCUT2D eigenvalue weighted by Crippen LogP contribution is 2.33. The monoisotopic (exact) mass is 286 g/mol. The number of benzene rings is 1. The van der Waals surface area contributed by atoms with Crippen molar-refractivity contribution < 1.29 is 4.79 Å². The lowest BCUT2D eigenvalue weighted by atomic mass is 10.2. The minimum absolute atomic E-state index is 0.00807. The highest BCUT2D eigenvalue weighted by Gasteiger charge is 2.25. The van der Waals surface area contributed by atoms with Gasteiger partial charge in [0.15, 0.2) is 0 Å². The zero-order valence-corrected chi connectivity index (χ0v) is 11.9. The van der Waals surface area contributed by atoms with E-state index in [1.807, 2.05) is 13.0 Å². The molecule has 0 radical (unpaired) electrons. The van der Waals surface area contributed by atoms with Crippen LogP contribution < -0.4 is 16.7 Å². The van der Waals surface area contributed by atoms with Crippen molar-refractivity contribution in [1.29, 1.82) is 0 Å². The number of aryl methyl sites for hydroxylation is 1. The van der Waals surface area contributed by atoms with Crippen LogP contribution >= 0.6 is 0 Å². The Labute approximate surface area is 122 Å². The summed E-state index contributed by atoms with van der Waals surface area (Å²) in [4.78, 5) is 24.1. The summed E-state index contributed by atoms with van der Waals surface area (Å²) in [5, 5.41) is 2.73. The van der Waals surface area contributed by atoms with Crippen LogP contribution in [0.4, 0.5) is 11.4 Å². The van der Waals surface area contributed by atoms with E-state index in [9.17, 15) is 9.59 Å². The molecule has 1 saturated carbocycles. The van der Waals surface area contributed by atoms with Crippen LogP contribution in [0.5, 0.6) is 0 Å². The average molecular weight is 286 g/mol. The fourth-order valence-corrected chi connectivity index (χ4v) is 2.32. The third-order valence-corrected chi connectivity index (χ3v) is 3.61. The van der Waals surface area contributed by atoms with Crippen molar-refractivity contribution >= 4 is 17.3 Å². The SMILES string of the molecule is Cc1ccc(NC(=O)Cn2ccn(C3CC3)c2=O)c(N)c1. The Morgan fingerprint density at radius 1 is 1.38 bits per heavy atom. The molecule has 1 amide bonds. The molecule has 0 aliphatic heterocycles. The van der Waals surface area contributed by atoms with Gasteiger partial charge in [-0.3, -0.25) is 13.9 Å². The highest BCUT2D eigenvalue weighted by molar-refractivity contribution is 5.93. The normalized spacial score (nSPS) is 14.1. The molecular formula is C15H18N4O2. The van der Waals surface area contributed by atoms with E-state index < -0.39 is 0 Å². The fourth-order valence-electron chi connectivity index (χ4n) is 2.32. The molecule has 6 heteroatoms. The van der Waals surface area contributed by atoms with Gasteiger partial charge >= 0.3 is 5.69 Å². The maximum atomic E-state index is 12.1. The molecule has 1 aliphatic carbocycles. The third kappa shape index (κ3) is 2.84. The predicted molar refractivity (Wildman–Crippen MR) is 81.2 cm³/mol. The largest absolute Gasteiger partial charge is 0.397 e. The standard InChI is InChI=1S/C15H18N4O2/c1-10-2-5-13(12(16)8-10)17-14(20)9-18-6-7-19(15(18)21)11-3-4-11/h2,5-8,11H,3-4,9,16H2,1H3,(H,17,20). The number of nitrogen functional groups attached to an aromatic ring is 1. The molecule has 0 atom stereocenters. The van der Waals surface area contributed by atoms with E-state index in [1.165, 1.54) is 4.57 Å². The van der Waals surface area contributed by atoms with Crippen molar-refractivity contribution in [3.05, 3.63) is 46.6 Å². The van der Waals surface area contributed by atoms with Gasteiger partial charge in [0.05, 0.1) is 11.4 Å². The molecule has 1 fully saturated rings. The average Bonchev–Trinajstić information content (AvgIpc) is 3.20. The molecule has 1 aromatic heterocycles. The van der Waals surface area contributed by atoms with Crippen molar-refractivity contribution in [2.24, 2.45) is 0 Å². The summed E-state index contributed by atoms with van der Waals surface area (Å²) in [6.07, 6.45) is 5.47. The summed E-state index contributed by atoms with van der Waals surface area (Å²) < 4.78 is 3.10. The number of anilines is 2. The first kappa shape index (κ1) is 13.5. The van der Waals surface area contributed by atoms with Gasteiger partial charge < -0.3 is 11.1 Å². The number of carbonyl (C=O) groups excluding carboxylic acids is 1. The summed E-state index contributed by atoms with van der Waals surface area (Å²) in [6, 6.07) is 5.75. The van der Waals surface area contributed by atoms with E-state index in [0.717, 1.165) is 18.4 Å². The summed E-state index contributed by atoms with van der Waals surface area (Å²) in [5.74, 6) is -0.263. The molecule has 3 N–H and O–H groups in total. The number of rotatable bonds is 4. The lowest BCUT2D eigenvalue weighted by Gasteiger charge is -2.09. The number of nitrogens with two attached hydrogens (primary N) is 1. The molecule has 1 heterocycles. The molecule has 0 saturated heterocycles. The summed E-state index contributed by atoms with van der Waals surface area (Å²) in [7, 11) is 0. The van der Waals surface area contributed by atoms with Crippen LogP contribution in [0.15, 0.2) is 35.4 Å². The van der Waals surface area contributed by atoms with Gasteiger partial charge in [-0.1, -0.05) is 6.07 Å². The van der Waals surface area contributed by atoms with Crippen LogP contribution in [-0.4, -0.2) is 15.0 Å².